The number of nitrogens with one attached hydrogen (secondary N) is 1. The van der Waals surface area contributed by atoms with Gasteiger partial charge in [0.25, 0.3) is 5.56 Å². The fourth-order valence-electron chi connectivity index (χ4n) is 3.60. The van der Waals surface area contributed by atoms with Gasteiger partial charge in [-0.15, -0.1) is 0 Å². The van der Waals surface area contributed by atoms with Crippen LogP contribution < -0.4 is 5.56 Å². The Balaban J connectivity index is 1.80. The molecular weight excluding hydrogens is 429 g/mol. The summed E-state index contributed by atoms with van der Waals surface area (Å²) in [5.74, 6) is -0.528. The number of nitrogens with zero attached hydrogens (tertiary/aromatic N) is 2. The van der Waals surface area contributed by atoms with Crippen molar-refractivity contribution < 1.29 is 12.8 Å². The summed E-state index contributed by atoms with van der Waals surface area (Å²) < 4.78 is 41.4. The Labute approximate surface area is 185 Å². The summed E-state index contributed by atoms with van der Waals surface area (Å²) in [4.78, 5) is 19.8. The minimum Gasteiger partial charge on any atom is -0.321 e. The first-order chi connectivity index (χ1) is 15.3. The highest BCUT2D eigenvalue weighted by Crippen LogP contribution is 2.23. The average Bonchev–Trinajstić information content (AvgIpc) is 2.78. The number of pyridine rings is 2. The van der Waals surface area contributed by atoms with Crippen LogP contribution in [0, 0.1) is 19.7 Å². The van der Waals surface area contributed by atoms with Crippen molar-refractivity contribution in [3.63, 3.8) is 0 Å². The lowest BCUT2D eigenvalue weighted by atomic mass is 10.0. The number of sulfonamides is 1. The molecular formula is C24H22FN3O3S. The van der Waals surface area contributed by atoms with Crippen LogP contribution in [0.5, 0.6) is 0 Å². The van der Waals surface area contributed by atoms with E-state index in [1.165, 1.54) is 16.4 Å². The van der Waals surface area contributed by atoms with Crippen molar-refractivity contribution in [2.24, 2.45) is 0 Å². The number of aryl methyl sites for hydroxylation is 2. The zero-order valence-corrected chi connectivity index (χ0v) is 18.5. The summed E-state index contributed by atoms with van der Waals surface area (Å²) in [6.07, 6.45) is 3.17. The molecule has 8 heteroatoms. The standard InChI is InChI=1S/C24H22FN3O3S/c1-16-5-6-17(2)23-22(16)12-19(24(29)27-23)15-28(14-18-4-3-11-26-13-18)32(30,31)21-9-7-20(25)8-10-21/h3-13H,14-15H2,1-2H3,(H,27,29). The summed E-state index contributed by atoms with van der Waals surface area (Å²) in [7, 11) is -4.02. The van der Waals surface area contributed by atoms with Crippen LogP contribution in [0.25, 0.3) is 10.9 Å². The molecule has 0 unspecified atom stereocenters. The average molecular weight is 452 g/mol. The Bertz CT molecular complexity index is 1430. The molecule has 2 aromatic heterocycles. The number of aromatic nitrogens is 2. The summed E-state index contributed by atoms with van der Waals surface area (Å²) in [5, 5.41) is 0.861. The Kier molecular flexibility index (Phi) is 5.90. The highest BCUT2D eigenvalue weighted by atomic mass is 32.2. The van der Waals surface area contributed by atoms with Gasteiger partial charge in [0, 0.05) is 36.4 Å². The number of hydrogen-bond acceptors (Lipinski definition) is 4. The Morgan fingerprint density at radius 2 is 1.72 bits per heavy atom. The van der Waals surface area contributed by atoms with E-state index < -0.39 is 15.8 Å². The Hall–Kier alpha value is -3.36. The summed E-state index contributed by atoms with van der Waals surface area (Å²) >= 11 is 0. The van der Waals surface area contributed by atoms with Crippen LogP contribution in [0.1, 0.15) is 22.3 Å². The molecule has 1 N–H and O–H groups in total. The molecule has 0 amide bonds. The van der Waals surface area contributed by atoms with Crippen molar-refractivity contribution in [3.05, 3.63) is 105 Å². The molecule has 0 atom stereocenters. The summed E-state index contributed by atoms with van der Waals surface area (Å²) in [6, 6.07) is 13.8. The molecule has 0 aliphatic heterocycles. The zero-order chi connectivity index (χ0) is 22.9. The lowest BCUT2D eigenvalue weighted by molar-refractivity contribution is 0.399. The van der Waals surface area contributed by atoms with E-state index in [0.717, 1.165) is 34.2 Å². The van der Waals surface area contributed by atoms with E-state index in [1.807, 2.05) is 26.0 Å². The quantitative estimate of drug-likeness (QED) is 0.479. The van der Waals surface area contributed by atoms with Crippen molar-refractivity contribution in [3.8, 4) is 0 Å². The van der Waals surface area contributed by atoms with Gasteiger partial charge in [-0.1, -0.05) is 18.2 Å². The second kappa shape index (κ2) is 8.64. The van der Waals surface area contributed by atoms with E-state index in [4.69, 9.17) is 0 Å². The second-order valence-electron chi connectivity index (χ2n) is 7.70. The molecule has 2 aromatic carbocycles. The minimum atomic E-state index is -4.02. The van der Waals surface area contributed by atoms with E-state index in [-0.39, 0.29) is 23.5 Å². The lowest BCUT2D eigenvalue weighted by Gasteiger charge is -2.22. The molecule has 0 saturated heterocycles. The Morgan fingerprint density at radius 3 is 2.41 bits per heavy atom. The van der Waals surface area contributed by atoms with Gasteiger partial charge in [-0.05, 0) is 66.9 Å². The topological polar surface area (TPSA) is 83.1 Å². The second-order valence-corrected chi connectivity index (χ2v) is 9.64. The van der Waals surface area contributed by atoms with Crippen LogP contribution in [-0.4, -0.2) is 22.7 Å². The summed E-state index contributed by atoms with van der Waals surface area (Å²) in [5.41, 5.74) is 3.28. The molecule has 0 radical (unpaired) electrons. The van der Waals surface area contributed by atoms with Gasteiger partial charge in [-0.2, -0.15) is 4.31 Å². The third kappa shape index (κ3) is 4.32. The van der Waals surface area contributed by atoms with Crippen LogP contribution in [0.4, 0.5) is 4.39 Å². The Morgan fingerprint density at radius 1 is 1.00 bits per heavy atom. The molecule has 4 rings (SSSR count). The predicted octanol–water partition coefficient (Wildman–Crippen LogP) is 4.07. The molecule has 0 bridgehead atoms. The third-order valence-electron chi connectivity index (χ3n) is 5.40. The number of fused-ring (bicyclic) bond motifs is 1. The van der Waals surface area contributed by atoms with Crippen LogP contribution in [0.2, 0.25) is 0 Å². The number of rotatable bonds is 6. The number of halogens is 1. The maximum Gasteiger partial charge on any atom is 0.252 e. The molecule has 164 valence electrons. The van der Waals surface area contributed by atoms with E-state index in [0.29, 0.717) is 11.1 Å². The fourth-order valence-corrected chi connectivity index (χ4v) is 5.01. The SMILES string of the molecule is Cc1ccc(C)c2[nH]c(=O)c(CN(Cc3cccnc3)S(=O)(=O)c3ccc(F)cc3)cc12. The van der Waals surface area contributed by atoms with E-state index in [9.17, 15) is 17.6 Å². The first-order valence-electron chi connectivity index (χ1n) is 10.0. The van der Waals surface area contributed by atoms with Gasteiger partial charge >= 0.3 is 0 Å². The first kappa shape index (κ1) is 21.9. The molecule has 0 aliphatic rings. The lowest BCUT2D eigenvalue weighted by Crippen LogP contribution is -2.32. The third-order valence-corrected chi connectivity index (χ3v) is 7.21. The van der Waals surface area contributed by atoms with E-state index in [2.05, 4.69) is 9.97 Å². The molecule has 32 heavy (non-hydrogen) atoms. The van der Waals surface area contributed by atoms with Gasteiger partial charge in [-0.25, -0.2) is 12.8 Å². The molecule has 4 aromatic rings. The molecule has 0 spiro atoms. The summed E-state index contributed by atoms with van der Waals surface area (Å²) in [6.45, 7) is 3.71. The normalized spacial score (nSPS) is 11.9. The van der Waals surface area contributed by atoms with Crippen molar-refractivity contribution >= 4 is 20.9 Å². The zero-order valence-electron chi connectivity index (χ0n) is 17.7. The molecule has 0 aliphatic carbocycles. The largest absolute Gasteiger partial charge is 0.321 e. The van der Waals surface area contributed by atoms with Gasteiger partial charge in [0.2, 0.25) is 10.0 Å². The maximum atomic E-state index is 13.4. The van der Waals surface area contributed by atoms with Gasteiger partial charge in [0.15, 0.2) is 0 Å². The smallest absolute Gasteiger partial charge is 0.252 e. The monoisotopic (exact) mass is 451 g/mol. The number of H-pyrrole nitrogens is 1. The van der Waals surface area contributed by atoms with Crippen molar-refractivity contribution in [2.75, 3.05) is 0 Å². The van der Waals surface area contributed by atoms with Gasteiger partial charge in [0.05, 0.1) is 10.4 Å². The molecule has 0 fully saturated rings. The highest BCUT2D eigenvalue weighted by molar-refractivity contribution is 7.89. The van der Waals surface area contributed by atoms with Crippen molar-refractivity contribution in [2.45, 2.75) is 31.8 Å². The minimum absolute atomic E-state index is 0.0117. The number of aromatic amines is 1. The van der Waals surface area contributed by atoms with Gasteiger partial charge in [0.1, 0.15) is 5.82 Å². The van der Waals surface area contributed by atoms with E-state index in [1.54, 1.807) is 30.6 Å². The van der Waals surface area contributed by atoms with E-state index >= 15 is 0 Å². The molecule has 6 nitrogen and oxygen atoms in total. The highest BCUT2D eigenvalue weighted by Gasteiger charge is 2.26. The first-order valence-corrected chi connectivity index (χ1v) is 11.5. The van der Waals surface area contributed by atoms with Gasteiger partial charge < -0.3 is 4.98 Å². The van der Waals surface area contributed by atoms with Crippen LogP contribution in [-0.2, 0) is 23.1 Å². The number of benzene rings is 2. The van der Waals surface area contributed by atoms with Crippen LogP contribution in [0.15, 0.2) is 76.7 Å². The van der Waals surface area contributed by atoms with Crippen LogP contribution >= 0.6 is 0 Å². The molecule has 2 heterocycles. The van der Waals surface area contributed by atoms with Crippen molar-refractivity contribution in [1.29, 1.82) is 0 Å². The maximum absolute atomic E-state index is 13.4. The van der Waals surface area contributed by atoms with Crippen LogP contribution in [0.3, 0.4) is 0 Å². The predicted molar refractivity (Wildman–Crippen MR) is 121 cm³/mol. The van der Waals surface area contributed by atoms with Gasteiger partial charge in [-0.3, -0.25) is 9.78 Å². The molecule has 0 saturated carbocycles. The van der Waals surface area contributed by atoms with Crippen molar-refractivity contribution in [1.82, 2.24) is 14.3 Å². The number of hydrogen-bond donors (Lipinski definition) is 1. The fraction of sp³-hybridized carbons (Fsp3) is 0.167.